The van der Waals surface area contributed by atoms with E-state index >= 15 is 0 Å². The number of carbonyl (C=O) groups excluding carboxylic acids is 1. The van der Waals surface area contributed by atoms with Crippen LogP contribution in [0, 0.1) is 6.92 Å². The van der Waals surface area contributed by atoms with Gasteiger partial charge >= 0.3 is 5.97 Å². The lowest BCUT2D eigenvalue weighted by Crippen LogP contribution is -2.13. The van der Waals surface area contributed by atoms with Crippen LogP contribution in [0.1, 0.15) is 29.0 Å². The fraction of sp³-hybridized carbons (Fsp3) is 0.385. The van der Waals surface area contributed by atoms with Gasteiger partial charge in [-0.3, -0.25) is 0 Å². The number of aryl methyl sites for hydroxylation is 1. The number of ether oxygens (including phenoxy) is 1. The number of aromatic nitrogens is 3. The maximum atomic E-state index is 11.8. The predicted octanol–water partition coefficient (Wildman–Crippen LogP) is 1.60. The zero-order chi connectivity index (χ0) is 14.4. The van der Waals surface area contributed by atoms with Crippen molar-refractivity contribution in [2.24, 2.45) is 0 Å². The molecule has 1 N–H and O–H groups in total. The Morgan fingerprint density at radius 3 is 3.05 bits per heavy atom. The number of carbonyl (C=O) groups is 1. The van der Waals surface area contributed by atoms with Crippen LogP contribution in [0.25, 0.3) is 0 Å². The second-order valence-corrected chi connectivity index (χ2v) is 4.03. The van der Waals surface area contributed by atoms with Gasteiger partial charge in [0, 0.05) is 19.2 Å². The number of nitrogens with zero attached hydrogens (tertiary/aromatic N) is 3. The third-order valence-corrected chi connectivity index (χ3v) is 2.50. The summed E-state index contributed by atoms with van der Waals surface area (Å²) in [6.07, 6.45) is 2.17. The molecule has 0 spiro atoms. The Morgan fingerprint density at radius 2 is 2.35 bits per heavy atom. The van der Waals surface area contributed by atoms with E-state index in [1.54, 1.807) is 32.2 Å². The summed E-state index contributed by atoms with van der Waals surface area (Å²) in [6, 6.07) is 3.36. The highest BCUT2D eigenvalue weighted by molar-refractivity contribution is 5.94. The molecule has 0 amide bonds. The Morgan fingerprint density at radius 1 is 1.50 bits per heavy atom. The first kappa shape index (κ1) is 14.0. The van der Waals surface area contributed by atoms with E-state index in [0.717, 1.165) is 0 Å². The molecule has 0 aliphatic rings. The molecule has 7 nitrogen and oxygen atoms in total. The van der Waals surface area contributed by atoms with Crippen molar-refractivity contribution in [1.82, 2.24) is 15.1 Å². The van der Waals surface area contributed by atoms with Crippen LogP contribution in [-0.4, -0.2) is 34.2 Å². The molecule has 0 saturated carbocycles. The zero-order valence-corrected chi connectivity index (χ0v) is 11.4. The van der Waals surface area contributed by atoms with Gasteiger partial charge < -0.3 is 14.6 Å². The molecule has 0 bridgehead atoms. The van der Waals surface area contributed by atoms with Gasteiger partial charge in [-0.2, -0.15) is 4.98 Å². The molecule has 20 heavy (non-hydrogen) atoms. The summed E-state index contributed by atoms with van der Waals surface area (Å²) in [5.41, 5.74) is 0.413. The summed E-state index contributed by atoms with van der Waals surface area (Å²) in [5, 5.41) is 6.78. The average molecular weight is 276 g/mol. The fourth-order valence-corrected chi connectivity index (χ4v) is 1.65. The maximum absolute atomic E-state index is 11.8. The molecule has 0 aromatic carbocycles. The zero-order valence-electron chi connectivity index (χ0n) is 11.4. The smallest absolute Gasteiger partial charge is 0.341 e. The highest BCUT2D eigenvalue weighted by atomic mass is 16.5. The lowest BCUT2D eigenvalue weighted by atomic mass is 10.2. The summed E-state index contributed by atoms with van der Waals surface area (Å²) in [4.78, 5) is 20.0. The van der Waals surface area contributed by atoms with Crippen molar-refractivity contribution in [1.29, 1.82) is 0 Å². The first-order valence-electron chi connectivity index (χ1n) is 6.36. The molecule has 106 valence electrons. The van der Waals surface area contributed by atoms with Gasteiger partial charge in [0.1, 0.15) is 11.4 Å². The minimum Gasteiger partial charge on any atom is -0.462 e. The number of rotatable bonds is 6. The van der Waals surface area contributed by atoms with Crippen LogP contribution in [0.3, 0.4) is 0 Å². The Hall–Kier alpha value is -2.44. The summed E-state index contributed by atoms with van der Waals surface area (Å²) in [5.74, 6) is 1.24. The van der Waals surface area contributed by atoms with Gasteiger partial charge in [0.05, 0.1) is 6.61 Å². The lowest BCUT2D eigenvalue weighted by molar-refractivity contribution is 0.0527. The molecule has 7 heteroatoms. The molecule has 0 saturated heterocycles. The summed E-state index contributed by atoms with van der Waals surface area (Å²) >= 11 is 0. The number of anilines is 1. The average Bonchev–Trinajstić information content (AvgIpc) is 2.85. The van der Waals surface area contributed by atoms with Crippen LogP contribution in [0.2, 0.25) is 0 Å². The van der Waals surface area contributed by atoms with Crippen LogP contribution < -0.4 is 5.32 Å². The first-order chi connectivity index (χ1) is 9.70. The molecule has 0 unspecified atom stereocenters. The molecule has 2 aromatic rings. The Kier molecular flexibility index (Phi) is 4.65. The van der Waals surface area contributed by atoms with Crippen molar-refractivity contribution in [3.63, 3.8) is 0 Å². The topological polar surface area (TPSA) is 90.1 Å². The van der Waals surface area contributed by atoms with E-state index in [9.17, 15) is 4.79 Å². The Bertz CT molecular complexity index is 583. The van der Waals surface area contributed by atoms with E-state index in [2.05, 4.69) is 20.4 Å². The van der Waals surface area contributed by atoms with E-state index in [1.165, 1.54) is 0 Å². The maximum Gasteiger partial charge on any atom is 0.341 e. The third kappa shape index (κ3) is 3.53. The number of esters is 1. The van der Waals surface area contributed by atoms with Crippen LogP contribution in [-0.2, 0) is 11.2 Å². The van der Waals surface area contributed by atoms with E-state index in [1.807, 2.05) is 0 Å². The number of pyridine rings is 1. The molecule has 0 atom stereocenters. The minimum atomic E-state index is -0.392. The third-order valence-electron chi connectivity index (χ3n) is 2.50. The van der Waals surface area contributed by atoms with Gasteiger partial charge in [-0.15, -0.1) is 0 Å². The number of hydrogen-bond acceptors (Lipinski definition) is 7. The summed E-state index contributed by atoms with van der Waals surface area (Å²) in [6.45, 7) is 4.39. The highest BCUT2D eigenvalue weighted by Crippen LogP contribution is 2.13. The molecule has 0 radical (unpaired) electrons. The predicted molar refractivity (Wildman–Crippen MR) is 71.4 cm³/mol. The van der Waals surface area contributed by atoms with Crippen molar-refractivity contribution in [3.05, 3.63) is 35.6 Å². The van der Waals surface area contributed by atoms with E-state index in [4.69, 9.17) is 9.26 Å². The van der Waals surface area contributed by atoms with Gasteiger partial charge in [0.25, 0.3) is 0 Å². The SMILES string of the molecule is CCOC(=O)c1cccnc1NCCc1nc(C)no1. The molecular formula is C13H16N4O3. The van der Waals surface area contributed by atoms with Gasteiger partial charge in [-0.05, 0) is 26.0 Å². The number of nitrogens with one attached hydrogen (secondary N) is 1. The Labute approximate surface area is 116 Å². The molecular weight excluding hydrogens is 260 g/mol. The van der Waals surface area contributed by atoms with Crippen molar-refractivity contribution >= 4 is 11.8 Å². The molecule has 0 fully saturated rings. The quantitative estimate of drug-likeness (QED) is 0.801. The van der Waals surface area contributed by atoms with Crippen LogP contribution >= 0.6 is 0 Å². The second-order valence-electron chi connectivity index (χ2n) is 4.03. The molecule has 0 aliphatic heterocycles. The van der Waals surface area contributed by atoms with Crippen molar-refractivity contribution in [3.8, 4) is 0 Å². The van der Waals surface area contributed by atoms with Gasteiger partial charge in [-0.1, -0.05) is 5.16 Å². The van der Waals surface area contributed by atoms with Crippen LogP contribution in [0.4, 0.5) is 5.82 Å². The first-order valence-corrected chi connectivity index (χ1v) is 6.36. The minimum absolute atomic E-state index is 0.328. The largest absolute Gasteiger partial charge is 0.462 e. The van der Waals surface area contributed by atoms with E-state index < -0.39 is 5.97 Å². The van der Waals surface area contributed by atoms with Crippen LogP contribution in [0.15, 0.2) is 22.9 Å². The van der Waals surface area contributed by atoms with Crippen LogP contribution in [0.5, 0.6) is 0 Å². The van der Waals surface area contributed by atoms with Crippen molar-refractivity contribution < 1.29 is 14.1 Å². The van der Waals surface area contributed by atoms with Gasteiger partial charge in [0.15, 0.2) is 5.82 Å². The molecule has 2 heterocycles. The monoisotopic (exact) mass is 276 g/mol. The fourth-order valence-electron chi connectivity index (χ4n) is 1.65. The molecule has 2 rings (SSSR count). The van der Waals surface area contributed by atoms with Gasteiger partial charge in [-0.25, -0.2) is 9.78 Å². The highest BCUT2D eigenvalue weighted by Gasteiger charge is 2.13. The normalized spacial score (nSPS) is 10.3. The number of hydrogen-bond donors (Lipinski definition) is 1. The van der Waals surface area contributed by atoms with E-state index in [0.29, 0.717) is 42.7 Å². The Balaban J connectivity index is 1.97. The summed E-state index contributed by atoms with van der Waals surface area (Å²) in [7, 11) is 0. The van der Waals surface area contributed by atoms with E-state index in [-0.39, 0.29) is 0 Å². The van der Waals surface area contributed by atoms with Crippen molar-refractivity contribution in [2.45, 2.75) is 20.3 Å². The molecule has 0 aliphatic carbocycles. The molecule has 2 aromatic heterocycles. The lowest BCUT2D eigenvalue weighted by Gasteiger charge is -2.08. The standard InChI is InChI=1S/C13H16N4O3/c1-3-19-13(18)10-5-4-7-14-12(10)15-8-6-11-16-9(2)17-20-11/h4-5,7H,3,6,8H2,1-2H3,(H,14,15). The second kappa shape index (κ2) is 6.65. The van der Waals surface area contributed by atoms with Crippen molar-refractivity contribution in [2.75, 3.05) is 18.5 Å². The van der Waals surface area contributed by atoms with Gasteiger partial charge in [0.2, 0.25) is 5.89 Å². The summed E-state index contributed by atoms with van der Waals surface area (Å²) < 4.78 is 9.98.